The minimum atomic E-state index is -0.790. The highest BCUT2D eigenvalue weighted by atomic mass is 16.5. The van der Waals surface area contributed by atoms with Crippen molar-refractivity contribution in [3.05, 3.63) is 36.5 Å². The molecule has 0 aromatic heterocycles. The van der Waals surface area contributed by atoms with Gasteiger partial charge in [0.15, 0.2) is 0 Å². The summed E-state index contributed by atoms with van der Waals surface area (Å²) in [7, 11) is 0. The summed E-state index contributed by atoms with van der Waals surface area (Å²) >= 11 is 0. The number of ether oxygens (including phenoxy) is 1. The average molecular weight is 943 g/mol. The number of esters is 1. The van der Waals surface area contributed by atoms with E-state index >= 15 is 0 Å². The summed E-state index contributed by atoms with van der Waals surface area (Å²) in [6, 6.07) is -0.704. The van der Waals surface area contributed by atoms with Crippen molar-refractivity contribution in [3.8, 4) is 0 Å². The molecule has 0 aliphatic heterocycles. The van der Waals surface area contributed by atoms with Gasteiger partial charge in [0.05, 0.1) is 25.2 Å². The van der Waals surface area contributed by atoms with Gasteiger partial charge in [-0.15, -0.1) is 0 Å². The van der Waals surface area contributed by atoms with Crippen LogP contribution in [0.2, 0.25) is 0 Å². The van der Waals surface area contributed by atoms with Crippen LogP contribution in [0.25, 0.3) is 0 Å². The van der Waals surface area contributed by atoms with Crippen molar-refractivity contribution in [1.82, 2.24) is 5.32 Å². The molecule has 3 unspecified atom stereocenters. The number of aliphatic hydroxyl groups is 2. The molecule has 0 aliphatic rings. The SMILES string of the molecule is CCCCC/C=C/C=C/CCCCCCCCC(=O)OC(CCCCCCCCC/C=C/CCCCCCCC)CC(=O)NC(CO)C(O)CCCCCCCCCCCCCCCCCC. The number of allylic oxidation sites excluding steroid dienone is 6. The van der Waals surface area contributed by atoms with Crippen LogP contribution in [-0.4, -0.2) is 46.9 Å². The quantitative estimate of drug-likeness (QED) is 0.0244. The molecule has 6 nitrogen and oxygen atoms in total. The highest BCUT2D eigenvalue weighted by Gasteiger charge is 2.24. The first-order chi connectivity index (χ1) is 33.0. The van der Waals surface area contributed by atoms with Crippen LogP contribution in [0.15, 0.2) is 36.5 Å². The fraction of sp³-hybridized carbons (Fsp3) is 0.869. The van der Waals surface area contributed by atoms with Gasteiger partial charge in [0.1, 0.15) is 6.10 Å². The molecule has 3 N–H and O–H groups in total. The highest BCUT2D eigenvalue weighted by Crippen LogP contribution is 2.19. The van der Waals surface area contributed by atoms with Gasteiger partial charge in [-0.2, -0.15) is 0 Å². The molecular weight excluding hydrogens is 827 g/mol. The number of unbranched alkanes of at least 4 members (excludes halogenated alkanes) is 37. The number of rotatable bonds is 54. The second kappa shape index (κ2) is 55.0. The zero-order valence-electron chi connectivity index (χ0n) is 45.0. The third-order valence-electron chi connectivity index (χ3n) is 13.7. The van der Waals surface area contributed by atoms with E-state index < -0.39 is 18.2 Å². The van der Waals surface area contributed by atoms with Crippen molar-refractivity contribution >= 4 is 11.9 Å². The summed E-state index contributed by atoms with van der Waals surface area (Å²) in [5.74, 6) is -0.476. The second-order valence-corrected chi connectivity index (χ2v) is 20.4. The smallest absolute Gasteiger partial charge is 0.306 e. The summed E-state index contributed by atoms with van der Waals surface area (Å²) < 4.78 is 5.96. The van der Waals surface area contributed by atoms with Crippen molar-refractivity contribution in [2.45, 2.75) is 334 Å². The van der Waals surface area contributed by atoms with Crippen LogP contribution in [0, 0.1) is 0 Å². The summed E-state index contributed by atoms with van der Waals surface area (Å²) in [4.78, 5) is 26.3. The van der Waals surface area contributed by atoms with E-state index in [4.69, 9.17) is 4.74 Å². The fourth-order valence-electron chi connectivity index (χ4n) is 9.18. The lowest BCUT2D eigenvalue weighted by molar-refractivity contribution is -0.151. The highest BCUT2D eigenvalue weighted by molar-refractivity contribution is 5.77. The summed E-state index contributed by atoms with van der Waals surface area (Å²) in [5.41, 5.74) is 0. The van der Waals surface area contributed by atoms with Crippen molar-refractivity contribution in [2.24, 2.45) is 0 Å². The predicted molar refractivity (Wildman–Crippen MR) is 292 cm³/mol. The fourth-order valence-corrected chi connectivity index (χ4v) is 9.18. The van der Waals surface area contributed by atoms with Gasteiger partial charge < -0.3 is 20.3 Å². The Kier molecular flexibility index (Phi) is 53.4. The Morgan fingerprint density at radius 1 is 0.433 bits per heavy atom. The molecule has 0 fully saturated rings. The van der Waals surface area contributed by atoms with Crippen LogP contribution in [-0.2, 0) is 14.3 Å². The lowest BCUT2D eigenvalue weighted by Gasteiger charge is -2.24. The van der Waals surface area contributed by atoms with E-state index in [2.05, 4.69) is 62.5 Å². The molecule has 0 aliphatic carbocycles. The third-order valence-corrected chi connectivity index (χ3v) is 13.7. The second-order valence-electron chi connectivity index (χ2n) is 20.4. The maximum absolute atomic E-state index is 13.3. The van der Waals surface area contributed by atoms with Crippen LogP contribution >= 0.6 is 0 Å². The number of amides is 1. The Bertz CT molecular complexity index is 1100. The normalized spacial score (nSPS) is 13.3. The number of aliphatic hydroxyl groups excluding tert-OH is 2. The maximum atomic E-state index is 13.3. The monoisotopic (exact) mass is 942 g/mol. The number of carbonyl (C=O) groups is 2. The van der Waals surface area contributed by atoms with Gasteiger partial charge in [0.2, 0.25) is 5.91 Å². The number of hydrogen-bond donors (Lipinski definition) is 3. The van der Waals surface area contributed by atoms with Crippen LogP contribution < -0.4 is 5.32 Å². The molecule has 0 saturated heterocycles. The Morgan fingerprint density at radius 3 is 1.18 bits per heavy atom. The van der Waals surface area contributed by atoms with Gasteiger partial charge in [-0.1, -0.05) is 263 Å². The number of nitrogens with one attached hydrogen (secondary N) is 1. The van der Waals surface area contributed by atoms with Gasteiger partial charge in [-0.25, -0.2) is 0 Å². The van der Waals surface area contributed by atoms with Gasteiger partial charge in [0.25, 0.3) is 0 Å². The first-order valence-electron chi connectivity index (χ1n) is 29.7. The summed E-state index contributed by atoms with van der Waals surface area (Å²) in [6.45, 7) is 6.49. The first-order valence-corrected chi connectivity index (χ1v) is 29.7. The van der Waals surface area contributed by atoms with E-state index in [1.54, 1.807) is 0 Å². The molecule has 0 saturated carbocycles. The molecule has 1 amide bonds. The first kappa shape index (κ1) is 65.1. The van der Waals surface area contributed by atoms with Gasteiger partial charge in [-0.3, -0.25) is 9.59 Å². The minimum absolute atomic E-state index is 0.0729. The molecule has 0 heterocycles. The van der Waals surface area contributed by atoms with E-state index in [1.807, 2.05) is 0 Å². The summed E-state index contributed by atoms with van der Waals surface area (Å²) in [5, 5.41) is 23.9. The molecule has 0 aromatic carbocycles. The molecule has 0 bridgehead atoms. The molecule has 0 radical (unpaired) electrons. The molecule has 67 heavy (non-hydrogen) atoms. The Labute approximate surface area is 417 Å². The lowest BCUT2D eigenvalue weighted by Crippen LogP contribution is -2.46. The zero-order valence-corrected chi connectivity index (χ0v) is 45.0. The van der Waals surface area contributed by atoms with Crippen molar-refractivity contribution < 1.29 is 24.5 Å². The molecular formula is C61H115NO5. The van der Waals surface area contributed by atoms with Gasteiger partial charge in [0, 0.05) is 6.42 Å². The van der Waals surface area contributed by atoms with E-state index in [9.17, 15) is 19.8 Å². The van der Waals surface area contributed by atoms with Crippen molar-refractivity contribution in [2.75, 3.05) is 6.61 Å². The van der Waals surface area contributed by atoms with Gasteiger partial charge >= 0.3 is 5.97 Å². The van der Waals surface area contributed by atoms with Crippen LogP contribution in [0.5, 0.6) is 0 Å². The Balaban J connectivity index is 4.55. The Morgan fingerprint density at radius 2 is 0.761 bits per heavy atom. The molecule has 6 heteroatoms. The standard InChI is InChI=1S/C61H115NO5/c1-4-7-10-13-16-19-22-25-28-30-32-34-37-40-43-46-49-52-57(67-61(66)54-51-48-45-42-39-36-31-27-24-21-18-15-12-9-6-3)55-60(65)62-58(56-63)59(64)53-50-47-44-41-38-35-33-29-26-23-20-17-14-11-8-5-2/h18,21,24-25,27-28,57-59,63-64H,4-17,19-20,22-23,26,29-56H2,1-3H3,(H,62,65)/b21-18+,27-24+,28-25+. The van der Waals surface area contributed by atoms with Crippen molar-refractivity contribution in [3.63, 3.8) is 0 Å². The maximum Gasteiger partial charge on any atom is 0.306 e. The topological polar surface area (TPSA) is 95.9 Å². The van der Waals surface area contributed by atoms with E-state index in [0.717, 1.165) is 57.8 Å². The number of hydrogen-bond acceptors (Lipinski definition) is 5. The molecule has 0 spiro atoms. The molecule has 0 rings (SSSR count). The zero-order chi connectivity index (χ0) is 48.8. The van der Waals surface area contributed by atoms with Crippen LogP contribution in [0.1, 0.15) is 316 Å². The predicted octanol–water partition coefficient (Wildman–Crippen LogP) is 18.4. The van der Waals surface area contributed by atoms with Crippen LogP contribution in [0.4, 0.5) is 0 Å². The van der Waals surface area contributed by atoms with E-state index in [0.29, 0.717) is 19.3 Å². The molecule has 0 aromatic rings. The average Bonchev–Trinajstić information content (AvgIpc) is 3.32. The third kappa shape index (κ3) is 50.3. The van der Waals surface area contributed by atoms with E-state index in [1.165, 1.54) is 212 Å². The number of carbonyl (C=O) groups excluding carboxylic acids is 2. The van der Waals surface area contributed by atoms with Crippen LogP contribution in [0.3, 0.4) is 0 Å². The van der Waals surface area contributed by atoms with Crippen molar-refractivity contribution in [1.29, 1.82) is 0 Å². The van der Waals surface area contributed by atoms with E-state index in [-0.39, 0.29) is 24.9 Å². The molecule has 394 valence electrons. The molecule has 3 atom stereocenters. The lowest BCUT2D eigenvalue weighted by atomic mass is 10.0. The largest absolute Gasteiger partial charge is 0.462 e. The Hall–Kier alpha value is -1.92. The minimum Gasteiger partial charge on any atom is -0.462 e. The van der Waals surface area contributed by atoms with Gasteiger partial charge in [-0.05, 0) is 77.0 Å². The summed E-state index contributed by atoms with van der Waals surface area (Å²) in [6.07, 6.45) is 66.3.